The average molecular weight is 274 g/mol. The molecule has 0 bridgehead atoms. The molecule has 0 aromatic carbocycles. The third kappa shape index (κ3) is 8.55. The van der Waals surface area contributed by atoms with Gasteiger partial charge in [0, 0.05) is 13.2 Å². The van der Waals surface area contributed by atoms with E-state index in [0.29, 0.717) is 33.0 Å². The van der Waals surface area contributed by atoms with Crippen LogP contribution in [0.1, 0.15) is 19.8 Å². The summed E-state index contributed by atoms with van der Waals surface area (Å²) in [7, 11) is 2.17. The lowest BCUT2D eigenvalue weighted by Gasteiger charge is -2.29. The highest BCUT2D eigenvalue weighted by atomic mass is 16.5. The fourth-order valence-electron chi connectivity index (χ4n) is 2.26. The Labute approximate surface area is 117 Å². The minimum Gasteiger partial charge on any atom is -0.389 e. The standard InChI is InChI=1S/C14H30N2O3/c1-3-18-8-9-19-12-14(17)11-15-10-13-4-6-16(2)7-5-13/h13-15,17H,3-12H2,1-2H3. The van der Waals surface area contributed by atoms with Crippen LogP contribution in [0.15, 0.2) is 0 Å². The monoisotopic (exact) mass is 274 g/mol. The van der Waals surface area contributed by atoms with Crippen LogP contribution in [0.3, 0.4) is 0 Å². The van der Waals surface area contributed by atoms with Crippen molar-refractivity contribution in [3.63, 3.8) is 0 Å². The highest BCUT2D eigenvalue weighted by molar-refractivity contribution is 4.72. The first-order chi connectivity index (χ1) is 9.22. The van der Waals surface area contributed by atoms with Gasteiger partial charge >= 0.3 is 0 Å². The molecule has 0 radical (unpaired) electrons. The van der Waals surface area contributed by atoms with Crippen molar-refractivity contribution in [1.82, 2.24) is 10.2 Å². The average Bonchev–Trinajstić information content (AvgIpc) is 2.41. The molecule has 0 aromatic heterocycles. The van der Waals surface area contributed by atoms with Crippen LogP contribution in [0.2, 0.25) is 0 Å². The Morgan fingerprint density at radius 2 is 1.95 bits per heavy atom. The summed E-state index contributed by atoms with van der Waals surface area (Å²) >= 11 is 0. The van der Waals surface area contributed by atoms with Gasteiger partial charge < -0.3 is 24.8 Å². The maximum Gasteiger partial charge on any atom is 0.0897 e. The molecule has 1 rings (SSSR count). The SMILES string of the molecule is CCOCCOCC(O)CNCC1CCN(C)CC1. The van der Waals surface area contributed by atoms with E-state index in [1.54, 1.807) is 0 Å². The molecule has 5 nitrogen and oxygen atoms in total. The summed E-state index contributed by atoms with van der Waals surface area (Å²) in [6.07, 6.45) is 2.09. The molecule has 0 saturated carbocycles. The van der Waals surface area contributed by atoms with E-state index in [4.69, 9.17) is 9.47 Å². The maximum atomic E-state index is 9.74. The smallest absolute Gasteiger partial charge is 0.0897 e. The van der Waals surface area contributed by atoms with E-state index in [2.05, 4.69) is 17.3 Å². The number of hydrogen-bond donors (Lipinski definition) is 2. The summed E-state index contributed by atoms with van der Waals surface area (Å²) in [6.45, 7) is 8.21. The van der Waals surface area contributed by atoms with Crippen LogP contribution in [0.4, 0.5) is 0 Å². The first-order valence-corrected chi connectivity index (χ1v) is 7.45. The molecule has 1 fully saturated rings. The van der Waals surface area contributed by atoms with Crippen molar-refractivity contribution in [2.24, 2.45) is 5.92 Å². The van der Waals surface area contributed by atoms with E-state index >= 15 is 0 Å². The molecule has 1 aliphatic rings. The molecule has 2 N–H and O–H groups in total. The summed E-state index contributed by atoms with van der Waals surface area (Å²) in [5.74, 6) is 0.752. The molecule has 19 heavy (non-hydrogen) atoms. The van der Waals surface area contributed by atoms with Gasteiger partial charge in [-0.2, -0.15) is 0 Å². The summed E-state index contributed by atoms with van der Waals surface area (Å²) in [4.78, 5) is 2.37. The highest BCUT2D eigenvalue weighted by Crippen LogP contribution is 2.14. The largest absolute Gasteiger partial charge is 0.389 e. The van der Waals surface area contributed by atoms with Gasteiger partial charge in [-0.25, -0.2) is 0 Å². The van der Waals surface area contributed by atoms with Gasteiger partial charge in [-0.15, -0.1) is 0 Å². The van der Waals surface area contributed by atoms with Crippen LogP contribution in [0.25, 0.3) is 0 Å². The Morgan fingerprint density at radius 3 is 2.63 bits per heavy atom. The highest BCUT2D eigenvalue weighted by Gasteiger charge is 2.16. The van der Waals surface area contributed by atoms with Crippen molar-refractivity contribution in [2.75, 3.05) is 59.7 Å². The van der Waals surface area contributed by atoms with E-state index < -0.39 is 6.10 Å². The van der Waals surface area contributed by atoms with Gasteiger partial charge in [0.15, 0.2) is 0 Å². The summed E-state index contributed by atoms with van der Waals surface area (Å²) in [5.41, 5.74) is 0. The number of nitrogens with one attached hydrogen (secondary N) is 1. The summed E-state index contributed by atoms with van der Waals surface area (Å²) in [5, 5.41) is 13.1. The Morgan fingerprint density at radius 1 is 1.26 bits per heavy atom. The maximum absolute atomic E-state index is 9.74. The molecule has 1 aliphatic heterocycles. The van der Waals surface area contributed by atoms with Crippen LogP contribution in [0.5, 0.6) is 0 Å². The zero-order valence-corrected chi connectivity index (χ0v) is 12.4. The van der Waals surface area contributed by atoms with Crippen molar-refractivity contribution in [3.8, 4) is 0 Å². The number of aliphatic hydroxyl groups is 1. The summed E-state index contributed by atoms with van der Waals surface area (Å²) < 4.78 is 10.5. The van der Waals surface area contributed by atoms with Crippen molar-refractivity contribution in [1.29, 1.82) is 0 Å². The number of nitrogens with zero attached hydrogens (tertiary/aromatic N) is 1. The molecule has 0 aliphatic carbocycles. The first kappa shape index (κ1) is 16.9. The minimum absolute atomic E-state index is 0.382. The lowest BCUT2D eigenvalue weighted by molar-refractivity contribution is 0.00613. The van der Waals surface area contributed by atoms with Gasteiger partial charge in [-0.1, -0.05) is 0 Å². The molecule has 1 heterocycles. The Balaban J connectivity index is 1.90. The number of aliphatic hydroxyl groups excluding tert-OH is 1. The van der Waals surface area contributed by atoms with Crippen molar-refractivity contribution in [3.05, 3.63) is 0 Å². The Kier molecular flexibility index (Phi) is 9.38. The number of piperidine rings is 1. The predicted molar refractivity (Wildman–Crippen MR) is 76.4 cm³/mol. The Bertz CT molecular complexity index is 209. The van der Waals surface area contributed by atoms with E-state index in [9.17, 15) is 5.11 Å². The van der Waals surface area contributed by atoms with Crippen molar-refractivity contribution in [2.45, 2.75) is 25.9 Å². The molecule has 0 spiro atoms. The van der Waals surface area contributed by atoms with Crippen molar-refractivity contribution < 1.29 is 14.6 Å². The number of hydrogen-bond acceptors (Lipinski definition) is 5. The predicted octanol–water partition coefficient (Wildman–Crippen LogP) is 0.332. The third-order valence-electron chi connectivity index (χ3n) is 3.54. The van der Waals surface area contributed by atoms with Gasteiger partial charge in [0.05, 0.1) is 25.9 Å². The lowest BCUT2D eigenvalue weighted by atomic mass is 9.97. The molecule has 1 unspecified atom stereocenters. The number of rotatable bonds is 10. The van der Waals surface area contributed by atoms with Gasteiger partial charge in [0.25, 0.3) is 0 Å². The molecule has 1 atom stereocenters. The van der Waals surface area contributed by atoms with Crippen LogP contribution < -0.4 is 5.32 Å². The van der Waals surface area contributed by atoms with Gasteiger partial charge in [0.1, 0.15) is 0 Å². The van der Waals surface area contributed by atoms with E-state index in [1.165, 1.54) is 25.9 Å². The van der Waals surface area contributed by atoms with Crippen LogP contribution in [0, 0.1) is 5.92 Å². The molecular formula is C14H30N2O3. The van der Waals surface area contributed by atoms with E-state index in [1.807, 2.05) is 6.92 Å². The zero-order valence-electron chi connectivity index (χ0n) is 12.4. The second kappa shape index (κ2) is 10.6. The van der Waals surface area contributed by atoms with E-state index in [-0.39, 0.29) is 0 Å². The van der Waals surface area contributed by atoms with Gasteiger partial charge in [-0.05, 0) is 52.4 Å². The normalized spacial score (nSPS) is 19.7. The van der Waals surface area contributed by atoms with Gasteiger partial charge in [-0.3, -0.25) is 0 Å². The number of ether oxygens (including phenoxy) is 2. The second-order valence-corrected chi connectivity index (χ2v) is 5.33. The fraction of sp³-hybridized carbons (Fsp3) is 1.00. The van der Waals surface area contributed by atoms with E-state index in [0.717, 1.165) is 12.5 Å². The molecule has 0 amide bonds. The molecule has 5 heteroatoms. The molecular weight excluding hydrogens is 244 g/mol. The van der Waals surface area contributed by atoms with Gasteiger partial charge in [0.2, 0.25) is 0 Å². The lowest BCUT2D eigenvalue weighted by Crippen LogP contribution is -2.38. The minimum atomic E-state index is -0.423. The quantitative estimate of drug-likeness (QED) is 0.562. The molecule has 1 saturated heterocycles. The zero-order chi connectivity index (χ0) is 13.9. The van der Waals surface area contributed by atoms with Crippen LogP contribution in [-0.4, -0.2) is 75.8 Å². The first-order valence-electron chi connectivity index (χ1n) is 7.45. The number of likely N-dealkylation sites (tertiary alicyclic amines) is 1. The van der Waals surface area contributed by atoms with Crippen LogP contribution in [-0.2, 0) is 9.47 Å². The summed E-state index contributed by atoms with van der Waals surface area (Å²) in [6, 6.07) is 0. The third-order valence-corrected chi connectivity index (χ3v) is 3.54. The fourth-order valence-corrected chi connectivity index (χ4v) is 2.26. The van der Waals surface area contributed by atoms with Crippen LogP contribution >= 0.6 is 0 Å². The van der Waals surface area contributed by atoms with Crippen molar-refractivity contribution >= 4 is 0 Å². The topological polar surface area (TPSA) is 54.0 Å². The molecule has 0 aromatic rings. The Hall–Kier alpha value is -0.200. The molecule has 114 valence electrons. The second-order valence-electron chi connectivity index (χ2n) is 5.33.